The van der Waals surface area contributed by atoms with Crippen LogP contribution in [0.1, 0.15) is 0 Å². The summed E-state index contributed by atoms with van der Waals surface area (Å²) < 4.78 is 5.10. The molecule has 0 saturated carbocycles. The maximum absolute atomic E-state index is 3.61. The first-order valence-electron chi connectivity index (χ1n) is 6.83. The number of halogens is 2. The quantitative estimate of drug-likeness (QED) is 0.211. The van der Waals surface area contributed by atoms with Gasteiger partial charge in [-0.25, -0.2) is 0 Å². The second kappa shape index (κ2) is 4.78. The number of thiophene rings is 2. The summed E-state index contributed by atoms with van der Waals surface area (Å²) in [6.45, 7) is 0. The third kappa shape index (κ3) is 1.84. The molecule has 0 amide bonds. The van der Waals surface area contributed by atoms with Gasteiger partial charge in [0.1, 0.15) is 0 Å². The van der Waals surface area contributed by atoms with E-state index in [0.717, 1.165) is 0 Å². The van der Waals surface area contributed by atoms with E-state index in [0.29, 0.717) is 0 Å². The van der Waals surface area contributed by atoms with Crippen molar-refractivity contribution in [2.75, 3.05) is 0 Å². The number of rotatable bonds is 0. The van der Waals surface area contributed by atoms with E-state index in [4.69, 9.17) is 0 Å². The largest absolute Gasteiger partial charge is 0.128 e. The van der Waals surface area contributed by atoms with Crippen LogP contribution in [0.2, 0.25) is 0 Å². The Bertz CT molecular complexity index is 1100. The Morgan fingerprint density at radius 3 is 1.41 bits per heavy atom. The maximum atomic E-state index is 3.61. The highest BCUT2D eigenvalue weighted by Crippen LogP contribution is 2.41. The van der Waals surface area contributed by atoms with E-state index in [1.54, 1.807) is 0 Å². The van der Waals surface area contributed by atoms with Crippen molar-refractivity contribution in [3.8, 4) is 0 Å². The van der Waals surface area contributed by atoms with Gasteiger partial charge in [0.25, 0.3) is 0 Å². The van der Waals surface area contributed by atoms with Crippen molar-refractivity contribution >= 4 is 96.3 Å². The van der Waals surface area contributed by atoms with Crippen LogP contribution in [0.4, 0.5) is 0 Å². The van der Waals surface area contributed by atoms with Gasteiger partial charge in [-0.05, 0) is 65.5 Å². The van der Waals surface area contributed by atoms with E-state index in [-0.39, 0.29) is 0 Å². The highest BCUT2D eigenvalue weighted by Gasteiger charge is 2.10. The Morgan fingerprint density at radius 1 is 0.545 bits per heavy atom. The van der Waals surface area contributed by atoms with Gasteiger partial charge < -0.3 is 0 Å². The molecule has 5 rings (SSSR count). The highest BCUT2D eigenvalue weighted by molar-refractivity contribution is 9.11. The van der Waals surface area contributed by atoms with Crippen LogP contribution in [0.3, 0.4) is 0 Å². The van der Waals surface area contributed by atoms with E-state index in [1.807, 2.05) is 22.7 Å². The minimum Gasteiger partial charge on any atom is -0.128 e. The maximum Gasteiger partial charge on any atom is 0.0711 e. The number of fused-ring (bicyclic) bond motifs is 7. The zero-order valence-corrected chi connectivity index (χ0v) is 16.0. The predicted octanol–water partition coefficient (Wildman–Crippen LogP) is 7.95. The lowest BCUT2D eigenvalue weighted by Crippen LogP contribution is -1.78. The second-order valence-electron chi connectivity index (χ2n) is 5.32. The summed E-state index contributed by atoms with van der Waals surface area (Å²) in [4.78, 5) is 0. The lowest BCUT2D eigenvalue weighted by Gasteiger charge is -2.06. The van der Waals surface area contributed by atoms with Crippen LogP contribution in [0.15, 0.2) is 56.1 Å². The van der Waals surface area contributed by atoms with Crippen LogP contribution in [0, 0.1) is 0 Å². The van der Waals surface area contributed by atoms with Crippen molar-refractivity contribution in [3.05, 3.63) is 56.1 Å². The molecule has 0 nitrogen and oxygen atoms in total. The number of benzene rings is 3. The summed E-state index contributed by atoms with van der Waals surface area (Å²) in [7, 11) is 0. The Labute approximate surface area is 151 Å². The summed E-state index contributed by atoms with van der Waals surface area (Å²) in [6, 6.07) is 17.9. The van der Waals surface area contributed by atoms with Crippen LogP contribution in [-0.4, -0.2) is 0 Å². The first-order valence-corrected chi connectivity index (χ1v) is 10.1. The highest BCUT2D eigenvalue weighted by atomic mass is 79.9. The molecule has 0 radical (unpaired) electrons. The first kappa shape index (κ1) is 13.5. The molecule has 2 heterocycles. The molecule has 0 unspecified atom stereocenters. The molecular formula is C18H8Br2S2. The summed E-state index contributed by atoms with van der Waals surface area (Å²) >= 11 is 10.8. The van der Waals surface area contributed by atoms with E-state index in [1.165, 1.54) is 49.3 Å². The monoisotopic (exact) mass is 446 g/mol. The molecule has 0 N–H and O–H groups in total. The minimum atomic E-state index is 1.19. The number of hydrogen-bond acceptors (Lipinski definition) is 2. The Balaban J connectivity index is 2.03. The van der Waals surface area contributed by atoms with Crippen LogP contribution < -0.4 is 0 Å². The molecule has 0 atom stereocenters. The van der Waals surface area contributed by atoms with Gasteiger partial charge >= 0.3 is 0 Å². The van der Waals surface area contributed by atoms with Crippen molar-refractivity contribution in [2.45, 2.75) is 0 Å². The topological polar surface area (TPSA) is 0 Å². The SMILES string of the molecule is Brc1cc2ccc3c4ccc5cc(Br)sc5c4ccc3c2s1. The van der Waals surface area contributed by atoms with Crippen LogP contribution >= 0.6 is 54.5 Å². The molecule has 5 aromatic rings. The molecule has 4 heteroatoms. The standard InChI is InChI=1S/C18H8Br2S2/c19-15-7-9-1-3-11-12-4-2-10-8-16(20)22-18(10)14(12)6-5-13(11)17(9)21-15/h1-8H. The van der Waals surface area contributed by atoms with Crippen LogP contribution in [0.5, 0.6) is 0 Å². The molecule has 0 aliphatic carbocycles. The molecule has 3 aromatic carbocycles. The van der Waals surface area contributed by atoms with E-state index in [2.05, 4.69) is 80.4 Å². The Hall–Kier alpha value is -0.940. The Morgan fingerprint density at radius 2 is 0.955 bits per heavy atom. The van der Waals surface area contributed by atoms with Crippen molar-refractivity contribution in [2.24, 2.45) is 0 Å². The zero-order chi connectivity index (χ0) is 14.8. The lowest BCUT2D eigenvalue weighted by atomic mass is 10.00. The summed E-state index contributed by atoms with van der Waals surface area (Å²) in [6.07, 6.45) is 0. The first-order chi connectivity index (χ1) is 10.7. The van der Waals surface area contributed by atoms with Gasteiger partial charge in [0.2, 0.25) is 0 Å². The molecular weight excluding hydrogens is 440 g/mol. The van der Waals surface area contributed by atoms with Gasteiger partial charge in [0, 0.05) is 20.2 Å². The summed E-state index contributed by atoms with van der Waals surface area (Å²) in [5.74, 6) is 0. The van der Waals surface area contributed by atoms with E-state index >= 15 is 0 Å². The predicted molar refractivity (Wildman–Crippen MR) is 108 cm³/mol. The van der Waals surface area contributed by atoms with Gasteiger partial charge in [-0.1, -0.05) is 36.4 Å². The third-order valence-corrected chi connectivity index (χ3v) is 7.47. The van der Waals surface area contributed by atoms with Gasteiger partial charge in [0.15, 0.2) is 0 Å². The molecule has 22 heavy (non-hydrogen) atoms. The van der Waals surface area contributed by atoms with Crippen molar-refractivity contribution < 1.29 is 0 Å². The molecule has 2 aromatic heterocycles. The molecule has 0 aliphatic rings. The summed E-state index contributed by atoms with van der Waals surface area (Å²) in [5.41, 5.74) is 0. The van der Waals surface area contributed by atoms with Crippen LogP contribution in [-0.2, 0) is 0 Å². The van der Waals surface area contributed by atoms with Crippen molar-refractivity contribution in [3.63, 3.8) is 0 Å². The zero-order valence-electron chi connectivity index (χ0n) is 11.2. The molecule has 106 valence electrons. The average Bonchev–Trinajstić information content (AvgIpc) is 3.07. The smallest absolute Gasteiger partial charge is 0.0711 e. The summed E-state index contributed by atoms with van der Waals surface area (Å²) in [5, 5.41) is 7.98. The van der Waals surface area contributed by atoms with Gasteiger partial charge in [-0.2, -0.15) is 0 Å². The average molecular weight is 448 g/mol. The van der Waals surface area contributed by atoms with Gasteiger partial charge in [-0.15, -0.1) is 22.7 Å². The van der Waals surface area contributed by atoms with Gasteiger partial charge in [0.05, 0.1) is 7.57 Å². The fraction of sp³-hybridized carbons (Fsp3) is 0. The molecule has 0 aliphatic heterocycles. The fourth-order valence-electron chi connectivity index (χ4n) is 3.15. The minimum absolute atomic E-state index is 1.19. The van der Waals surface area contributed by atoms with E-state index in [9.17, 15) is 0 Å². The number of hydrogen-bond donors (Lipinski definition) is 0. The molecule has 0 spiro atoms. The third-order valence-electron chi connectivity index (χ3n) is 4.10. The Kier molecular flexibility index (Phi) is 2.93. The second-order valence-corrected chi connectivity index (χ2v) is 10.2. The normalized spacial score (nSPS) is 12.1. The van der Waals surface area contributed by atoms with Crippen molar-refractivity contribution in [1.82, 2.24) is 0 Å². The lowest BCUT2D eigenvalue weighted by molar-refractivity contribution is 1.88. The van der Waals surface area contributed by atoms with Crippen molar-refractivity contribution in [1.29, 1.82) is 0 Å². The van der Waals surface area contributed by atoms with E-state index < -0.39 is 0 Å². The molecule has 0 fully saturated rings. The molecule has 0 bridgehead atoms. The van der Waals surface area contributed by atoms with Gasteiger partial charge in [-0.3, -0.25) is 0 Å². The molecule has 0 saturated heterocycles. The fourth-order valence-corrected chi connectivity index (χ4v) is 6.45. The van der Waals surface area contributed by atoms with Crippen LogP contribution in [0.25, 0.3) is 41.7 Å².